The van der Waals surface area contributed by atoms with Gasteiger partial charge in [-0.15, -0.1) is 0 Å². The summed E-state index contributed by atoms with van der Waals surface area (Å²) in [5.41, 5.74) is 5.51. The number of nitrogens with two attached hydrogens (primary N) is 1. The summed E-state index contributed by atoms with van der Waals surface area (Å²) in [6, 6.07) is -1.98. The van der Waals surface area contributed by atoms with E-state index < -0.39 is 30.4 Å². The van der Waals surface area contributed by atoms with Gasteiger partial charge in [0.2, 0.25) is 11.8 Å². The Morgan fingerprint density at radius 1 is 1.35 bits per heavy atom. The van der Waals surface area contributed by atoms with E-state index in [4.69, 9.17) is 7.16 Å². The molecule has 23 heavy (non-hydrogen) atoms. The van der Waals surface area contributed by atoms with Gasteiger partial charge in [0.25, 0.3) is 1.43 Å². The second kappa shape index (κ2) is 7.09. The number of hydrogen-bond donors (Lipinski definition) is 4. The Labute approximate surface area is 142 Å². The quantitative estimate of drug-likeness (QED) is 0.550. The van der Waals surface area contributed by atoms with Crippen molar-refractivity contribution in [1.29, 1.82) is 1.43 Å². The second-order valence-corrected chi connectivity index (χ2v) is 8.86. The zero-order valence-corrected chi connectivity index (χ0v) is 15.1. The minimum atomic E-state index is -1.16. The molecule has 1 saturated heterocycles. The van der Waals surface area contributed by atoms with Crippen molar-refractivity contribution in [1.82, 2.24) is 10.6 Å². The van der Waals surface area contributed by atoms with Crippen LogP contribution in [0.1, 0.15) is 41.0 Å². The van der Waals surface area contributed by atoms with Crippen molar-refractivity contribution < 1.29 is 19.5 Å². The SMILES string of the molecule is [2H]OC(=O)C[C@H](N)C(=O)N[C@@H](C)C(=O)NC1C(C)(C)CSC1(C)C. The fourth-order valence-electron chi connectivity index (χ4n) is 2.77. The highest BCUT2D eigenvalue weighted by Gasteiger charge is 2.48. The summed E-state index contributed by atoms with van der Waals surface area (Å²) in [4.78, 5) is 35.3. The van der Waals surface area contributed by atoms with Crippen LogP contribution in [-0.4, -0.2) is 51.5 Å². The lowest BCUT2D eigenvalue weighted by atomic mass is 9.80. The van der Waals surface area contributed by atoms with Gasteiger partial charge in [0.1, 0.15) is 6.04 Å². The smallest absolute Gasteiger partial charge is 0.305 e. The van der Waals surface area contributed by atoms with E-state index in [0.717, 1.165) is 5.75 Å². The largest absolute Gasteiger partial charge is 0.481 e. The summed E-state index contributed by atoms with van der Waals surface area (Å²) < 4.78 is 6.35. The highest BCUT2D eigenvalue weighted by atomic mass is 32.2. The molecule has 3 atom stereocenters. The second-order valence-electron chi connectivity index (χ2n) is 7.24. The van der Waals surface area contributed by atoms with E-state index in [-0.39, 0.29) is 22.1 Å². The molecular formula is C15H27N3O4S. The van der Waals surface area contributed by atoms with Gasteiger partial charge in [0.05, 0.1) is 12.5 Å². The standard InChI is InChI=1S/C15H27N3O4S/c1-8(17-12(22)9(16)6-10(19)20)11(21)18-13-14(2,3)7-23-15(13,4)5/h8-9,13H,6-7,16H2,1-5H3,(H,17,22)(H,18,21)(H,19,20)/t8-,9-,13?/m0/s1/i/hD. The first-order chi connectivity index (χ1) is 10.9. The summed E-state index contributed by atoms with van der Waals surface area (Å²) in [7, 11) is 0. The molecule has 1 aliphatic rings. The van der Waals surface area contributed by atoms with Crippen LogP contribution in [0.3, 0.4) is 0 Å². The van der Waals surface area contributed by atoms with Crippen molar-refractivity contribution in [2.24, 2.45) is 11.1 Å². The third kappa shape index (κ3) is 5.10. The molecule has 2 amide bonds. The van der Waals surface area contributed by atoms with Crippen LogP contribution in [0.5, 0.6) is 0 Å². The Morgan fingerprint density at radius 3 is 2.43 bits per heavy atom. The van der Waals surface area contributed by atoms with E-state index in [0.29, 0.717) is 0 Å². The minimum Gasteiger partial charge on any atom is -0.481 e. The van der Waals surface area contributed by atoms with Gasteiger partial charge in [-0.25, -0.2) is 0 Å². The van der Waals surface area contributed by atoms with E-state index in [2.05, 4.69) is 43.4 Å². The number of carbonyl (C=O) groups excluding carboxylic acids is 2. The summed E-state index contributed by atoms with van der Waals surface area (Å²) >= 11 is 1.81. The van der Waals surface area contributed by atoms with Gasteiger partial charge in [-0.3, -0.25) is 14.4 Å². The van der Waals surface area contributed by atoms with Crippen LogP contribution in [0, 0.1) is 5.41 Å². The molecule has 8 heteroatoms. The van der Waals surface area contributed by atoms with Gasteiger partial charge in [-0.1, -0.05) is 13.8 Å². The number of amides is 2. The van der Waals surface area contributed by atoms with Crippen LogP contribution in [0.25, 0.3) is 1.43 Å². The molecule has 1 fully saturated rings. The first-order valence-corrected chi connectivity index (χ1v) is 8.55. The number of carbonyl (C=O) groups is 3. The molecule has 1 heterocycles. The molecule has 1 aliphatic heterocycles. The zero-order chi connectivity index (χ0) is 18.7. The summed E-state index contributed by atoms with van der Waals surface area (Å²) in [5.74, 6) is -0.901. The molecule has 5 N–H and O–H groups in total. The molecule has 0 radical (unpaired) electrons. The fourth-order valence-corrected chi connectivity index (χ4v) is 4.23. The summed E-state index contributed by atoms with van der Waals surface area (Å²) in [5, 5.41) is 9.23. The van der Waals surface area contributed by atoms with Crippen molar-refractivity contribution in [2.75, 3.05) is 5.75 Å². The summed E-state index contributed by atoms with van der Waals surface area (Å²) in [6.07, 6.45) is -0.414. The fraction of sp³-hybridized carbons (Fsp3) is 0.800. The van der Waals surface area contributed by atoms with Crippen molar-refractivity contribution in [2.45, 2.75) is 63.9 Å². The van der Waals surface area contributed by atoms with E-state index in [9.17, 15) is 14.4 Å². The molecule has 1 unspecified atom stereocenters. The minimum absolute atomic E-state index is 0.0335. The third-order valence-corrected chi connectivity index (χ3v) is 5.92. The maximum Gasteiger partial charge on any atom is 0.305 e. The highest BCUT2D eigenvalue weighted by Crippen LogP contribution is 2.47. The van der Waals surface area contributed by atoms with Crippen LogP contribution in [0.15, 0.2) is 0 Å². The average molecular weight is 346 g/mol. The van der Waals surface area contributed by atoms with Gasteiger partial charge in [0, 0.05) is 16.5 Å². The van der Waals surface area contributed by atoms with E-state index in [1.807, 2.05) is 0 Å². The lowest BCUT2D eigenvalue weighted by molar-refractivity contribution is -0.139. The Morgan fingerprint density at radius 2 is 1.96 bits per heavy atom. The highest BCUT2D eigenvalue weighted by molar-refractivity contribution is 8.01. The predicted octanol–water partition coefficient (Wildman–Crippen LogP) is 0.329. The molecular weight excluding hydrogens is 318 g/mol. The third-order valence-electron chi connectivity index (χ3n) is 4.05. The number of hydrogen-bond acceptors (Lipinski definition) is 6. The Bertz CT molecular complexity index is 497. The zero-order valence-electron chi connectivity index (χ0n) is 15.3. The van der Waals surface area contributed by atoms with Gasteiger partial charge >= 0.3 is 5.97 Å². The van der Waals surface area contributed by atoms with Crippen molar-refractivity contribution in [3.63, 3.8) is 0 Å². The van der Waals surface area contributed by atoms with E-state index in [1.165, 1.54) is 0 Å². The molecule has 7 nitrogen and oxygen atoms in total. The van der Waals surface area contributed by atoms with Crippen molar-refractivity contribution in [3.8, 4) is 0 Å². The maximum absolute atomic E-state index is 12.4. The van der Waals surface area contributed by atoms with Crippen molar-refractivity contribution >= 4 is 29.5 Å². The lowest BCUT2D eigenvalue weighted by Crippen LogP contribution is -2.57. The molecule has 0 saturated carbocycles. The number of nitrogens with one attached hydrogen (secondary N) is 2. The van der Waals surface area contributed by atoms with Crippen LogP contribution < -0.4 is 16.4 Å². The topological polar surface area (TPSA) is 122 Å². The summed E-state index contributed by atoms with van der Waals surface area (Å²) in [6.45, 7) is 9.94. The van der Waals surface area contributed by atoms with Gasteiger partial charge in [0.15, 0.2) is 0 Å². The van der Waals surface area contributed by atoms with Gasteiger partial charge < -0.3 is 21.5 Å². The monoisotopic (exact) mass is 346 g/mol. The van der Waals surface area contributed by atoms with E-state index in [1.54, 1.807) is 18.7 Å². The first kappa shape index (κ1) is 18.1. The van der Waals surface area contributed by atoms with Gasteiger partial charge in [-0.05, 0) is 26.2 Å². The first-order valence-electron chi connectivity index (χ1n) is 7.98. The molecule has 0 aromatic carbocycles. The number of rotatable bonds is 6. The maximum atomic E-state index is 12.4. The Balaban J connectivity index is 2.62. The van der Waals surface area contributed by atoms with Crippen LogP contribution in [-0.2, 0) is 14.4 Å². The van der Waals surface area contributed by atoms with Crippen LogP contribution in [0.2, 0.25) is 0 Å². The molecule has 0 aromatic heterocycles. The number of aliphatic carboxylic acids is 1. The number of carboxylic acids is 1. The average Bonchev–Trinajstić information content (AvgIpc) is 2.69. The molecule has 0 spiro atoms. The lowest BCUT2D eigenvalue weighted by Gasteiger charge is -2.35. The molecule has 132 valence electrons. The van der Waals surface area contributed by atoms with Gasteiger partial charge in [-0.2, -0.15) is 11.8 Å². The van der Waals surface area contributed by atoms with Crippen molar-refractivity contribution in [3.05, 3.63) is 0 Å². The molecule has 0 aromatic rings. The normalized spacial score (nSPS) is 25.0. The molecule has 0 bridgehead atoms. The number of thioether (sulfide) groups is 1. The van der Waals surface area contributed by atoms with Crippen LogP contribution >= 0.6 is 11.8 Å². The predicted molar refractivity (Wildman–Crippen MR) is 90.1 cm³/mol. The molecule has 0 aliphatic carbocycles. The van der Waals surface area contributed by atoms with Crippen LogP contribution in [0.4, 0.5) is 0 Å². The Kier molecular flexibility index (Phi) is 5.57. The van der Waals surface area contributed by atoms with E-state index >= 15 is 0 Å². The number of carboxylic acid groups (broad SMARTS) is 1. The Hall–Kier alpha value is -1.28. The molecule has 1 rings (SSSR count).